The Labute approximate surface area is 238 Å². The summed E-state index contributed by atoms with van der Waals surface area (Å²) in [6.45, 7) is 0. The molecule has 0 N–H and O–H groups in total. The first-order chi connectivity index (χ1) is 20.3. The van der Waals surface area contributed by atoms with Crippen LogP contribution in [0, 0.1) is 0 Å². The molecule has 41 heavy (non-hydrogen) atoms. The summed E-state index contributed by atoms with van der Waals surface area (Å²) < 4.78 is 6.30. The van der Waals surface area contributed by atoms with Gasteiger partial charge in [0.15, 0.2) is 5.82 Å². The van der Waals surface area contributed by atoms with Crippen LogP contribution in [0.1, 0.15) is 0 Å². The van der Waals surface area contributed by atoms with Gasteiger partial charge in [0.05, 0.1) is 11.4 Å². The minimum absolute atomic E-state index is 0.717. The van der Waals surface area contributed by atoms with E-state index in [2.05, 4.69) is 97.1 Å². The molecule has 0 radical (unpaired) electrons. The highest BCUT2D eigenvalue weighted by molar-refractivity contribution is 6.09. The molecule has 0 spiro atoms. The van der Waals surface area contributed by atoms with E-state index < -0.39 is 0 Å². The Balaban J connectivity index is 1.23. The summed E-state index contributed by atoms with van der Waals surface area (Å²) in [7, 11) is 0. The summed E-state index contributed by atoms with van der Waals surface area (Å²) in [6, 6.07) is 50.2. The number of nitrogens with zero attached hydrogens (tertiary/aromatic N) is 2. The quantitative estimate of drug-likeness (QED) is 0.230. The van der Waals surface area contributed by atoms with Gasteiger partial charge >= 0.3 is 0 Å². The molecule has 0 saturated heterocycles. The number of fused-ring (bicyclic) bond motifs is 2. The van der Waals surface area contributed by atoms with E-state index in [4.69, 9.17) is 14.7 Å². The van der Waals surface area contributed by atoms with E-state index in [1.807, 2.05) is 48.5 Å². The fourth-order valence-corrected chi connectivity index (χ4v) is 5.72. The Kier molecular flexibility index (Phi) is 5.46. The standard InChI is InChI=1S/C38H24N2O/c1-3-10-26(11-4-1)33-24-34(40-38(39-33)28-12-5-2-6-13-28)27-20-18-25(19-21-27)29-22-23-36-37-31(29)15-9-16-32(37)30-14-7-8-17-35(30)41-36/h1-24H. The van der Waals surface area contributed by atoms with Gasteiger partial charge < -0.3 is 4.74 Å². The molecule has 0 unspecified atom stereocenters. The van der Waals surface area contributed by atoms with Crippen molar-refractivity contribution in [3.8, 4) is 67.7 Å². The number of hydrogen-bond acceptors (Lipinski definition) is 3. The molecule has 0 atom stereocenters. The Hall–Kier alpha value is -5.54. The van der Waals surface area contributed by atoms with E-state index in [0.29, 0.717) is 0 Å². The van der Waals surface area contributed by atoms with Crippen LogP contribution in [-0.4, -0.2) is 9.97 Å². The third-order valence-corrected chi connectivity index (χ3v) is 7.72. The van der Waals surface area contributed by atoms with Crippen molar-refractivity contribution in [2.24, 2.45) is 0 Å². The van der Waals surface area contributed by atoms with Gasteiger partial charge in [0.2, 0.25) is 0 Å². The van der Waals surface area contributed by atoms with Crippen molar-refractivity contribution < 1.29 is 4.74 Å². The lowest BCUT2D eigenvalue weighted by Gasteiger charge is -2.22. The average Bonchev–Trinajstić information content (AvgIpc) is 3.06. The SMILES string of the molecule is c1ccc(-c2cc(-c3ccc(-c4ccc5c6c(cccc46)-c4ccccc4O5)cc3)nc(-c3ccccc3)n2)cc1. The molecule has 6 aromatic carbocycles. The predicted molar refractivity (Wildman–Crippen MR) is 167 cm³/mol. The van der Waals surface area contributed by atoms with Crippen molar-refractivity contribution in [1.82, 2.24) is 9.97 Å². The summed E-state index contributed by atoms with van der Waals surface area (Å²) >= 11 is 0. The van der Waals surface area contributed by atoms with E-state index in [1.54, 1.807) is 0 Å². The van der Waals surface area contributed by atoms with Gasteiger partial charge in [0.25, 0.3) is 0 Å². The molecule has 8 rings (SSSR count). The molecule has 1 aromatic heterocycles. The summed E-state index contributed by atoms with van der Waals surface area (Å²) in [5.74, 6) is 2.52. The van der Waals surface area contributed by atoms with Crippen LogP contribution in [0.5, 0.6) is 11.5 Å². The van der Waals surface area contributed by atoms with Gasteiger partial charge in [-0.2, -0.15) is 0 Å². The number of hydrogen-bond donors (Lipinski definition) is 0. The first-order valence-electron chi connectivity index (χ1n) is 13.8. The highest BCUT2D eigenvalue weighted by Gasteiger charge is 2.21. The van der Waals surface area contributed by atoms with Gasteiger partial charge in [-0.3, -0.25) is 0 Å². The fourth-order valence-electron chi connectivity index (χ4n) is 5.72. The second-order valence-corrected chi connectivity index (χ2v) is 10.2. The first-order valence-corrected chi connectivity index (χ1v) is 13.8. The van der Waals surface area contributed by atoms with Gasteiger partial charge in [-0.05, 0) is 40.3 Å². The maximum Gasteiger partial charge on any atom is 0.160 e. The van der Waals surface area contributed by atoms with E-state index in [-0.39, 0.29) is 0 Å². The molecule has 0 fully saturated rings. The monoisotopic (exact) mass is 524 g/mol. The van der Waals surface area contributed by atoms with Crippen LogP contribution >= 0.6 is 0 Å². The molecule has 192 valence electrons. The van der Waals surface area contributed by atoms with Gasteiger partial charge in [-0.1, -0.05) is 127 Å². The topological polar surface area (TPSA) is 35.0 Å². The largest absolute Gasteiger partial charge is 0.456 e. The minimum atomic E-state index is 0.717. The normalized spacial score (nSPS) is 11.6. The van der Waals surface area contributed by atoms with Gasteiger partial charge in [0.1, 0.15) is 11.5 Å². The highest BCUT2D eigenvalue weighted by Crippen LogP contribution is 2.48. The molecular formula is C38H24N2O. The van der Waals surface area contributed by atoms with Crippen molar-refractivity contribution in [2.45, 2.75) is 0 Å². The molecule has 1 aliphatic heterocycles. The number of benzene rings is 6. The van der Waals surface area contributed by atoms with Crippen LogP contribution in [0.15, 0.2) is 146 Å². The lowest BCUT2D eigenvalue weighted by molar-refractivity contribution is 0.487. The summed E-state index contributed by atoms with van der Waals surface area (Å²) in [6.07, 6.45) is 0. The third-order valence-electron chi connectivity index (χ3n) is 7.72. The molecule has 3 nitrogen and oxygen atoms in total. The van der Waals surface area contributed by atoms with Crippen LogP contribution in [0.25, 0.3) is 66.9 Å². The Morgan fingerprint density at radius 1 is 0.390 bits per heavy atom. The minimum Gasteiger partial charge on any atom is -0.456 e. The zero-order valence-corrected chi connectivity index (χ0v) is 22.2. The van der Waals surface area contributed by atoms with Crippen LogP contribution in [0.3, 0.4) is 0 Å². The smallest absolute Gasteiger partial charge is 0.160 e. The zero-order chi connectivity index (χ0) is 27.2. The lowest BCUT2D eigenvalue weighted by atomic mass is 9.90. The zero-order valence-electron chi connectivity index (χ0n) is 22.2. The van der Waals surface area contributed by atoms with E-state index >= 15 is 0 Å². The highest BCUT2D eigenvalue weighted by atomic mass is 16.5. The number of para-hydroxylation sites is 1. The average molecular weight is 525 g/mol. The summed E-state index contributed by atoms with van der Waals surface area (Å²) in [4.78, 5) is 9.91. The van der Waals surface area contributed by atoms with E-state index in [9.17, 15) is 0 Å². The van der Waals surface area contributed by atoms with Crippen molar-refractivity contribution in [3.63, 3.8) is 0 Å². The molecule has 0 amide bonds. The Morgan fingerprint density at radius 2 is 1.00 bits per heavy atom. The van der Waals surface area contributed by atoms with Crippen molar-refractivity contribution in [2.75, 3.05) is 0 Å². The van der Waals surface area contributed by atoms with Crippen molar-refractivity contribution >= 4 is 10.8 Å². The van der Waals surface area contributed by atoms with Crippen molar-refractivity contribution in [1.29, 1.82) is 0 Å². The molecule has 7 aromatic rings. The van der Waals surface area contributed by atoms with Crippen molar-refractivity contribution in [3.05, 3.63) is 146 Å². The second-order valence-electron chi connectivity index (χ2n) is 10.2. The third kappa shape index (κ3) is 4.07. The van der Waals surface area contributed by atoms with Gasteiger partial charge in [0, 0.05) is 27.6 Å². The van der Waals surface area contributed by atoms with E-state index in [0.717, 1.165) is 61.9 Å². The van der Waals surface area contributed by atoms with E-state index in [1.165, 1.54) is 16.5 Å². The summed E-state index contributed by atoms with van der Waals surface area (Å²) in [5.41, 5.74) is 9.58. The molecule has 2 heterocycles. The maximum atomic E-state index is 6.30. The number of aromatic nitrogens is 2. The molecule has 1 aliphatic rings. The van der Waals surface area contributed by atoms with Crippen LogP contribution in [0.2, 0.25) is 0 Å². The molecule has 0 aliphatic carbocycles. The molecule has 0 bridgehead atoms. The van der Waals surface area contributed by atoms with Crippen LogP contribution in [-0.2, 0) is 0 Å². The summed E-state index contributed by atoms with van der Waals surface area (Å²) in [5, 5.41) is 2.34. The first kappa shape index (κ1) is 23.4. The fraction of sp³-hybridized carbons (Fsp3) is 0. The molecular weight excluding hydrogens is 500 g/mol. The number of rotatable bonds is 4. The van der Waals surface area contributed by atoms with Crippen LogP contribution < -0.4 is 4.74 Å². The lowest BCUT2D eigenvalue weighted by Crippen LogP contribution is -1.97. The van der Waals surface area contributed by atoms with Gasteiger partial charge in [-0.15, -0.1) is 0 Å². The second kappa shape index (κ2) is 9.58. The number of ether oxygens (including phenoxy) is 1. The maximum absolute atomic E-state index is 6.30. The molecule has 0 saturated carbocycles. The molecule has 3 heteroatoms. The Morgan fingerprint density at radius 3 is 1.76 bits per heavy atom. The predicted octanol–water partition coefficient (Wildman–Crippen LogP) is 10.1. The van der Waals surface area contributed by atoms with Crippen LogP contribution in [0.4, 0.5) is 0 Å². The Bertz CT molecular complexity index is 1990. The van der Waals surface area contributed by atoms with Gasteiger partial charge in [-0.25, -0.2) is 9.97 Å².